The predicted molar refractivity (Wildman–Crippen MR) is 77.9 cm³/mol. The quantitative estimate of drug-likeness (QED) is 0.840. The zero-order chi connectivity index (χ0) is 14.1. The number of hydrogen-bond donors (Lipinski definition) is 2. The molecule has 0 aliphatic heterocycles. The van der Waals surface area contributed by atoms with E-state index in [1.807, 2.05) is 12.1 Å². The summed E-state index contributed by atoms with van der Waals surface area (Å²) < 4.78 is 5.79. The minimum absolute atomic E-state index is 0.278. The maximum absolute atomic E-state index is 11.3. The third-order valence-corrected chi connectivity index (χ3v) is 3.63. The molecule has 0 aromatic heterocycles. The molecule has 4 nitrogen and oxygen atoms in total. The first-order valence-electron chi connectivity index (χ1n) is 6.63. The Balaban J connectivity index is 1.92. The maximum Gasteiger partial charge on any atom is 0.250 e. The second kappa shape index (κ2) is 4.89. The number of carbonyl (C=O) groups excluding carboxylic acids is 1. The topological polar surface area (TPSA) is 78.3 Å². The summed E-state index contributed by atoms with van der Waals surface area (Å²) in [6.07, 6.45) is 3.41. The minimum atomic E-state index is -0.554. The normalized spacial score (nSPS) is 13.0. The molecule has 2 aromatic carbocycles. The molecule has 102 valence electrons. The molecular formula is C16H16N2O2. The summed E-state index contributed by atoms with van der Waals surface area (Å²) in [6.45, 7) is 0. The molecule has 0 saturated carbocycles. The number of aryl methyl sites for hydroxylation is 2. The molecule has 1 aliphatic carbocycles. The second-order valence-corrected chi connectivity index (χ2v) is 4.97. The van der Waals surface area contributed by atoms with Gasteiger partial charge in [-0.25, -0.2) is 0 Å². The summed E-state index contributed by atoms with van der Waals surface area (Å²) in [6, 6.07) is 11.1. The number of benzene rings is 2. The molecule has 0 spiro atoms. The number of primary amides is 1. The molecule has 0 fully saturated rings. The highest BCUT2D eigenvalue weighted by Crippen LogP contribution is 2.32. The first-order valence-corrected chi connectivity index (χ1v) is 6.63. The van der Waals surface area contributed by atoms with Crippen LogP contribution in [0.2, 0.25) is 0 Å². The molecule has 0 radical (unpaired) electrons. The number of ether oxygens (including phenoxy) is 1. The highest BCUT2D eigenvalue weighted by atomic mass is 16.5. The lowest BCUT2D eigenvalue weighted by atomic mass is 10.1. The molecule has 0 atom stereocenters. The Morgan fingerprint density at radius 1 is 1.10 bits per heavy atom. The number of nitrogens with two attached hydrogens (primary N) is 2. The Labute approximate surface area is 117 Å². The van der Waals surface area contributed by atoms with E-state index in [0.717, 1.165) is 18.6 Å². The molecule has 1 amide bonds. The third-order valence-electron chi connectivity index (χ3n) is 3.63. The molecule has 0 saturated heterocycles. The Hall–Kier alpha value is -2.49. The van der Waals surface area contributed by atoms with Gasteiger partial charge in [0.2, 0.25) is 0 Å². The van der Waals surface area contributed by atoms with Crippen molar-refractivity contribution in [3.05, 3.63) is 53.1 Å². The van der Waals surface area contributed by atoms with E-state index in [0.29, 0.717) is 5.75 Å². The summed E-state index contributed by atoms with van der Waals surface area (Å²) in [5.74, 6) is 0.639. The molecule has 0 heterocycles. The molecular weight excluding hydrogens is 252 g/mol. The van der Waals surface area contributed by atoms with E-state index in [1.54, 1.807) is 18.2 Å². The zero-order valence-corrected chi connectivity index (χ0v) is 11.1. The Bertz CT molecular complexity index is 680. The zero-order valence-electron chi connectivity index (χ0n) is 11.1. The molecule has 4 heteroatoms. The van der Waals surface area contributed by atoms with Crippen LogP contribution in [0.25, 0.3) is 0 Å². The second-order valence-electron chi connectivity index (χ2n) is 4.97. The number of hydrogen-bond acceptors (Lipinski definition) is 3. The minimum Gasteiger partial charge on any atom is -0.455 e. The van der Waals surface area contributed by atoms with E-state index in [1.165, 1.54) is 17.5 Å². The fraction of sp³-hybridized carbons (Fsp3) is 0.188. The van der Waals surface area contributed by atoms with Crippen LogP contribution in [-0.4, -0.2) is 5.91 Å². The van der Waals surface area contributed by atoms with Crippen molar-refractivity contribution in [2.45, 2.75) is 19.3 Å². The monoisotopic (exact) mass is 268 g/mol. The number of anilines is 1. The van der Waals surface area contributed by atoms with Crippen LogP contribution in [0.4, 0.5) is 5.69 Å². The fourth-order valence-electron chi connectivity index (χ4n) is 2.59. The standard InChI is InChI=1S/C16H16N2O2/c17-15-13(16(18)19)5-2-6-14(15)20-12-8-7-10-3-1-4-11(10)9-12/h2,5-9H,1,3-4,17H2,(H2,18,19). The number of fused-ring (bicyclic) bond motifs is 1. The molecule has 20 heavy (non-hydrogen) atoms. The molecule has 0 unspecified atom stereocenters. The van der Waals surface area contributed by atoms with Gasteiger partial charge in [-0.15, -0.1) is 0 Å². The molecule has 4 N–H and O–H groups in total. The lowest BCUT2D eigenvalue weighted by molar-refractivity contribution is 0.100. The first-order chi connectivity index (χ1) is 9.65. The van der Waals surface area contributed by atoms with Crippen molar-refractivity contribution >= 4 is 11.6 Å². The van der Waals surface area contributed by atoms with Crippen molar-refractivity contribution in [1.82, 2.24) is 0 Å². The number of amides is 1. The molecule has 3 rings (SSSR count). The van der Waals surface area contributed by atoms with E-state index in [4.69, 9.17) is 16.2 Å². The average molecular weight is 268 g/mol. The highest BCUT2D eigenvalue weighted by Gasteiger charge is 2.14. The van der Waals surface area contributed by atoms with Gasteiger partial charge < -0.3 is 16.2 Å². The number of rotatable bonds is 3. The van der Waals surface area contributed by atoms with E-state index in [9.17, 15) is 4.79 Å². The van der Waals surface area contributed by atoms with E-state index >= 15 is 0 Å². The van der Waals surface area contributed by atoms with Gasteiger partial charge in [-0.2, -0.15) is 0 Å². The van der Waals surface area contributed by atoms with Gasteiger partial charge >= 0.3 is 0 Å². The van der Waals surface area contributed by atoms with Crippen LogP contribution >= 0.6 is 0 Å². The lowest BCUT2D eigenvalue weighted by Crippen LogP contribution is -2.13. The largest absolute Gasteiger partial charge is 0.455 e. The summed E-state index contributed by atoms with van der Waals surface area (Å²) in [5, 5.41) is 0. The van der Waals surface area contributed by atoms with Crippen molar-refractivity contribution < 1.29 is 9.53 Å². The smallest absolute Gasteiger partial charge is 0.250 e. The summed E-state index contributed by atoms with van der Waals surface area (Å²) in [7, 11) is 0. The Kier molecular flexibility index (Phi) is 3.06. The van der Waals surface area contributed by atoms with Crippen LogP contribution in [0, 0.1) is 0 Å². The van der Waals surface area contributed by atoms with Gasteiger partial charge in [0.05, 0.1) is 11.3 Å². The van der Waals surface area contributed by atoms with Crippen molar-refractivity contribution in [1.29, 1.82) is 0 Å². The lowest BCUT2D eigenvalue weighted by Gasteiger charge is -2.11. The van der Waals surface area contributed by atoms with E-state index in [2.05, 4.69) is 6.07 Å². The number of nitrogen functional groups attached to an aromatic ring is 1. The highest BCUT2D eigenvalue weighted by molar-refractivity contribution is 5.99. The number of carbonyl (C=O) groups is 1. The molecule has 0 bridgehead atoms. The fourth-order valence-corrected chi connectivity index (χ4v) is 2.59. The van der Waals surface area contributed by atoms with Gasteiger partial charge in [-0.1, -0.05) is 12.1 Å². The van der Waals surface area contributed by atoms with Crippen LogP contribution in [0.5, 0.6) is 11.5 Å². The van der Waals surface area contributed by atoms with Crippen LogP contribution in [0.15, 0.2) is 36.4 Å². The van der Waals surface area contributed by atoms with E-state index < -0.39 is 5.91 Å². The van der Waals surface area contributed by atoms with Crippen LogP contribution in [-0.2, 0) is 12.8 Å². The van der Waals surface area contributed by atoms with Crippen LogP contribution < -0.4 is 16.2 Å². The van der Waals surface area contributed by atoms with Gasteiger partial charge in [0.25, 0.3) is 5.91 Å². The Morgan fingerprint density at radius 2 is 1.90 bits per heavy atom. The van der Waals surface area contributed by atoms with Gasteiger partial charge in [0, 0.05) is 0 Å². The molecule has 2 aromatic rings. The van der Waals surface area contributed by atoms with Gasteiger partial charge in [-0.3, -0.25) is 4.79 Å². The van der Waals surface area contributed by atoms with Crippen molar-refractivity contribution in [3.8, 4) is 11.5 Å². The van der Waals surface area contributed by atoms with Crippen LogP contribution in [0.3, 0.4) is 0 Å². The maximum atomic E-state index is 11.3. The van der Waals surface area contributed by atoms with Crippen molar-refractivity contribution in [2.75, 3.05) is 5.73 Å². The third kappa shape index (κ3) is 2.20. The summed E-state index contributed by atoms with van der Waals surface area (Å²) >= 11 is 0. The van der Waals surface area contributed by atoms with Crippen molar-refractivity contribution in [3.63, 3.8) is 0 Å². The SMILES string of the molecule is NC(=O)c1cccc(Oc2ccc3c(c2)CCC3)c1N. The summed E-state index contributed by atoms with van der Waals surface area (Å²) in [4.78, 5) is 11.3. The van der Waals surface area contributed by atoms with Crippen molar-refractivity contribution in [2.24, 2.45) is 5.73 Å². The van der Waals surface area contributed by atoms with Crippen LogP contribution in [0.1, 0.15) is 27.9 Å². The summed E-state index contributed by atoms with van der Waals surface area (Å²) in [5.41, 5.74) is 14.5. The number of para-hydroxylation sites is 1. The molecule has 1 aliphatic rings. The Morgan fingerprint density at radius 3 is 2.70 bits per heavy atom. The van der Waals surface area contributed by atoms with Gasteiger partial charge in [0.1, 0.15) is 5.75 Å². The first kappa shape index (κ1) is 12.5. The average Bonchev–Trinajstić information content (AvgIpc) is 2.88. The van der Waals surface area contributed by atoms with E-state index in [-0.39, 0.29) is 11.3 Å². The van der Waals surface area contributed by atoms with Gasteiger partial charge in [0.15, 0.2) is 5.75 Å². The predicted octanol–water partition coefficient (Wildman–Crippen LogP) is 2.65. The van der Waals surface area contributed by atoms with Gasteiger partial charge in [-0.05, 0) is 54.7 Å².